The van der Waals surface area contributed by atoms with Crippen molar-refractivity contribution in [1.82, 2.24) is 0 Å². The summed E-state index contributed by atoms with van der Waals surface area (Å²) in [6.07, 6.45) is 0.848. The Kier molecular flexibility index (Phi) is 3.85. The van der Waals surface area contributed by atoms with Gasteiger partial charge in [0.15, 0.2) is 6.29 Å². The molecule has 0 saturated carbocycles. The van der Waals surface area contributed by atoms with Crippen LogP contribution in [0, 0.1) is 6.92 Å². The van der Waals surface area contributed by atoms with Gasteiger partial charge in [-0.15, -0.1) is 0 Å². The van der Waals surface area contributed by atoms with Crippen LogP contribution in [-0.2, 0) is 0 Å². The number of carbonyl (C=O) groups is 1. The number of methoxy groups -OCH3 is 2. The number of aldehydes is 1. The average Bonchev–Trinajstić information content (AvgIpc) is 2.46. The Morgan fingerprint density at radius 3 is 2.16 bits per heavy atom. The van der Waals surface area contributed by atoms with Gasteiger partial charge in [-0.1, -0.05) is 29.8 Å². The minimum absolute atomic E-state index is 0.619. The van der Waals surface area contributed by atoms with Crippen molar-refractivity contribution in [2.24, 2.45) is 0 Å². The number of carbonyl (C=O) groups excluding carboxylic acids is 1. The van der Waals surface area contributed by atoms with Crippen molar-refractivity contribution in [3.63, 3.8) is 0 Å². The molecule has 3 heteroatoms. The van der Waals surface area contributed by atoms with Gasteiger partial charge in [0.2, 0.25) is 0 Å². The third kappa shape index (κ3) is 2.45. The number of rotatable bonds is 4. The summed E-state index contributed by atoms with van der Waals surface area (Å²) in [6, 6.07) is 11.3. The first kappa shape index (κ1) is 13.1. The molecule has 2 rings (SSSR count). The lowest BCUT2D eigenvalue weighted by Crippen LogP contribution is -1.96. The predicted molar refractivity (Wildman–Crippen MR) is 75.1 cm³/mol. The normalized spacial score (nSPS) is 10.1. The van der Waals surface area contributed by atoms with E-state index >= 15 is 0 Å². The van der Waals surface area contributed by atoms with Crippen molar-refractivity contribution in [3.05, 3.63) is 47.5 Å². The van der Waals surface area contributed by atoms with Crippen LogP contribution in [0.15, 0.2) is 36.4 Å². The van der Waals surface area contributed by atoms with E-state index in [2.05, 4.69) is 0 Å². The first-order chi connectivity index (χ1) is 9.21. The maximum absolute atomic E-state index is 11.2. The molecule has 0 radical (unpaired) electrons. The van der Waals surface area contributed by atoms with Crippen LogP contribution in [-0.4, -0.2) is 20.5 Å². The highest BCUT2D eigenvalue weighted by Gasteiger charge is 2.15. The van der Waals surface area contributed by atoms with Crippen LogP contribution in [0.4, 0.5) is 0 Å². The summed E-state index contributed by atoms with van der Waals surface area (Å²) in [6.45, 7) is 1.99. The Hall–Kier alpha value is -2.29. The van der Waals surface area contributed by atoms with E-state index in [0.717, 1.165) is 23.0 Å². The lowest BCUT2D eigenvalue weighted by atomic mass is 9.96. The lowest BCUT2D eigenvalue weighted by Gasteiger charge is -2.15. The largest absolute Gasteiger partial charge is 0.496 e. The van der Waals surface area contributed by atoms with Crippen LogP contribution in [0.2, 0.25) is 0 Å². The summed E-state index contributed by atoms with van der Waals surface area (Å²) in [5.74, 6) is 1.38. The Labute approximate surface area is 112 Å². The Morgan fingerprint density at radius 1 is 1.00 bits per heavy atom. The molecule has 98 valence electrons. The Bertz CT molecular complexity index is 581. The van der Waals surface area contributed by atoms with Crippen LogP contribution in [0.1, 0.15) is 15.9 Å². The number of benzene rings is 2. The molecule has 0 atom stereocenters. The SMILES string of the molecule is COc1cccc(OC)c1-c1cc(C)ccc1C=O. The standard InChI is InChI=1S/C16H16O3/c1-11-7-8-12(10-17)13(9-11)16-14(18-2)5-4-6-15(16)19-3/h4-10H,1-3H3. The van der Waals surface area contributed by atoms with Crippen molar-refractivity contribution >= 4 is 6.29 Å². The molecule has 0 aliphatic heterocycles. The summed E-state index contributed by atoms with van der Waals surface area (Å²) in [4.78, 5) is 11.2. The second kappa shape index (κ2) is 5.57. The van der Waals surface area contributed by atoms with Gasteiger partial charge in [0.1, 0.15) is 11.5 Å². The maximum atomic E-state index is 11.2. The fourth-order valence-electron chi connectivity index (χ4n) is 2.11. The van der Waals surface area contributed by atoms with Crippen molar-refractivity contribution in [2.75, 3.05) is 14.2 Å². The third-order valence-corrected chi connectivity index (χ3v) is 3.03. The minimum Gasteiger partial charge on any atom is -0.496 e. The van der Waals surface area contributed by atoms with Gasteiger partial charge in [-0.3, -0.25) is 4.79 Å². The summed E-state index contributed by atoms with van der Waals surface area (Å²) in [5.41, 5.74) is 3.32. The van der Waals surface area contributed by atoms with E-state index in [9.17, 15) is 4.79 Å². The first-order valence-corrected chi connectivity index (χ1v) is 5.98. The number of hydrogen-bond acceptors (Lipinski definition) is 3. The second-order valence-electron chi connectivity index (χ2n) is 4.25. The fourth-order valence-corrected chi connectivity index (χ4v) is 2.11. The molecular formula is C16H16O3. The average molecular weight is 256 g/mol. The molecule has 0 aromatic heterocycles. The zero-order valence-corrected chi connectivity index (χ0v) is 11.3. The monoisotopic (exact) mass is 256 g/mol. The Morgan fingerprint density at radius 2 is 1.63 bits per heavy atom. The van der Waals surface area contributed by atoms with Crippen LogP contribution in [0.5, 0.6) is 11.5 Å². The highest BCUT2D eigenvalue weighted by atomic mass is 16.5. The van der Waals surface area contributed by atoms with Gasteiger partial charge in [0, 0.05) is 5.56 Å². The van der Waals surface area contributed by atoms with E-state index < -0.39 is 0 Å². The van der Waals surface area contributed by atoms with Gasteiger partial charge >= 0.3 is 0 Å². The summed E-state index contributed by atoms with van der Waals surface area (Å²) >= 11 is 0. The van der Waals surface area contributed by atoms with E-state index in [1.165, 1.54) is 0 Å². The zero-order chi connectivity index (χ0) is 13.8. The molecule has 0 aliphatic rings. The summed E-state index contributed by atoms with van der Waals surface area (Å²) in [5, 5.41) is 0. The fraction of sp³-hybridized carbons (Fsp3) is 0.188. The molecule has 0 N–H and O–H groups in total. The van der Waals surface area contributed by atoms with Crippen molar-refractivity contribution in [1.29, 1.82) is 0 Å². The molecule has 0 amide bonds. The Balaban J connectivity index is 2.76. The highest BCUT2D eigenvalue weighted by molar-refractivity contribution is 5.91. The summed E-state index contributed by atoms with van der Waals surface area (Å²) in [7, 11) is 3.21. The van der Waals surface area contributed by atoms with Gasteiger partial charge in [-0.25, -0.2) is 0 Å². The van der Waals surface area contributed by atoms with E-state index in [1.807, 2.05) is 43.3 Å². The molecule has 0 heterocycles. The molecule has 19 heavy (non-hydrogen) atoms. The smallest absolute Gasteiger partial charge is 0.150 e. The molecule has 2 aromatic rings. The second-order valence-corrected chi connectivity index (χ2v) is 4.25. The molecule has 2 aromatic carbocycles. The van der Waals surface area contributed by atoms with Crippen LogP contribution in [0.25, 0.3) is 11.1 Å². The van der Waals surface area contributed by atoms with Crippen LogP contribution < -0.4 is 9.47 Å². The van der Waals surface area contributed by atoms with Crippen LogP contribution in [0.3, 0.4) is 0 Å². The van der Waals surface area contributed by atoms with E-state index in [0.29, 0.717) is 17.1 Å². The van der Waals surface area contributed by atoms with Gasteiger partial charge in [0.25, 0.3) is 0 Å². The highest BCUT2D eigenvalue weighted by Crippen LogP contribution is 2.39. The van der Waals surface area contributed by atoms with E-state index in [4.69, 9.17) is 9.47 Å². The van der Waals surface area contributed by atoms with Crippen molar-refractivity contribution in [3.8, 4) is 22.6 Å². The van der Waals surface area contributed by atoms with Gasteiger partial charge in [-0.2, -0.15) is 0 Å². The number of ether oxygens (including phenoxy) is 2. The lowest BCUT2D eigenvalue weighted by molar-refractivity contribution is 0.112. The zero-order valence-electron chi connectivity index (χ0n) is 11.3. The quantitative estimate of drug-likeness (QED) is 0.785. The predicted octanol–water partition coefficient (Wildman–Crippen LogP) is 3.49. The van der Waals surface area contributed by atoms with Crippen LogP contribution >= 0.6 is 0 Å². The maximum Gasteiger partial charge on any atom is 0.150 e. The molecule has 0 fully saturated rings. The minimum atomic E-state index is 0.619. The number of hydrogen-bond donors (Lipinski definition) is 0. The molecular weight excluding hydrogens is 240 g/mol. The van der Waals surface area contributed by atoms with Gasteiger partial charge in [0.05, 0.1) is 19.8 Å². The van der Waals surface area contributed by atoms with E-state index in [-0.39, 0.29) is 0 Å². The molecule has 0 aliphatic carbocycles. The van der Waals surface area contributed by atoms with E-state index in [1.54, 1.807) is 14.2 Å². The first-order valence-electron chi connectivity index (χ1n) is 5.98. The van der Waals surface area contributed by atoms with Gasteiger partial charge in [-0.05, 0) is 24.6 Å². The van der Waals surface area contributed by atoms with Crippen molar-refractivity contribution < 1.29 is 14.3 Å². The number of aryl methyl sites for hydroxylation is 1. The molecule has 0 saturated heterocycles. The van der Waals surface area contributed by atoms with Crippen molar-refractivity contribution in [2.45, 2.75) is 6.92 Å². The summed E-state index contributed by atoms with van der Waals surface area (Å²) < 4.78 is 10.8. The third-order valence-electron chi connectivity index (χ3n) is 3.03. The molecule has 0 spiro atoms. The molecule has 3 nitrogen and oxygen atoms in total. The molecule has 0 unspecified atom stereocenters. The van der Waals surface area contributed by atoms with Gasteiger partial charge < -0.3 is 9.47 Å². The topological polar surface area (TPSA) is 35.5 Å². The molecule has 0 bridgehead atoms.